The third-order valence-corrected chi connectivity index (χ3v) is 8.77. The SMILES string of the molecule is CC(=O)N[C@@H](Cc1c[nH]c2ccccc12)C(=O)N1CC[C@H]2O[C@H]3c4cc(Cl)ccc4OC(C)(C)[C@@H]3C[C@H]2C1. The average Bonchev–Trinajstić information content (AvgIpc) is 3.29. The molecule has 3 aromatic rings. The molecule has 0 radical (unpaired) electrons. The Balaban J connectivity index is 1.20. The van der Waals surface area contributed by atoms with Crippen molar-refractivity contribution in [1.29, 1.82) is 0 Å². The van der Waals surface area contributed by atoms with Gasteiger partial charge in [0.2, 0.25) is 11.8 Å². The Bertz CT molecular complexity index is 1380. The molecule has 7 nitrogen and oxygen atoms in total. The maximum Gasteiger partial charge on any atom is 0.245 e. The van der Waals surface area contributed by atoms with E-state index in [-0.39, 0.29) is 35.9 Å². The number of piperidine rings is 1. The van der Waals surface area contributed by atoms with Crippen LogP contribution in [0.1, 0.15) is 50.8 Å². The summed E-state index contributed by atoms with van der Waals surface area (Å²) in [6.07, 6.45) is 4.01. The van der Waals surface area contributed by atoms with Crippen LogP contribution in [0.4, 0.5) is 0 Å². The number of fused-ring (bicyclic) bond motifs is 5. The van der Waals surface area contributed by atoms with Gasteiger partial charge in [-0.3, -0.25) is 9.59 Å². The molecule has 0 unspecified atom stereocenters. The van der Waals surface area contributed by atoms with Crippen LogP contribution in [0.5, 0.6) is 5.75 Å². The molecule has 3 aliphatic heterocycles. The molecule has 38 heavy (non-hydrogen) atoms. The number of nitrogens with one attached hydrogen (secondary N) is 2. The number of halogens is 1. The van der Waals surface area contributed by atoms with Gasteiger partial charge >= 0.3 is 0 Å². The number of likely N-dealkylation sites (tertiary alicyclic amines) is 1. The standard InChI is InChI=1S/C30H34ClN3O4/c1-17(35)33-25(13-18-15-32-24-7-5-4-6-21(18)24)29(36)34-11-10-26-19(16-34)12-23-28(37-26)22-14-20(31)8-9-27(22)38-30(23,2)3/h4-9,14-15,19,23,25-26,28,32H,10-13,16H2,1-3H3,(H,33,35)/t19-,23+,25-,26+,28-/m0/s1. The minimum atomic E-state index is -0.621. The van der Waals surface area contributed by atoms with Crippen molar-refractivity contribution in [3.05, 3.63) is 64.8 Å². The monoisotopic (exact) mass is 535 g/mol. The molecule has 2 aromatic carbocycles. The number of hydrogen-bond donors (Lipinski definition) is 2. The van der Waals surface area contributed by atoms with Gasteiger partial charge < -0.3 is 24.7 Å². The molecular formula is C30H34ClN3O4. The first-order chi connectivity index (χ1) is 18.2. The Morgan fingerprint density at radius 2 is 2.05 bits per heavy atom. The number of hydrogen-bond acceptors (Lipinski definition) is 4. The zero-order valence-electron chi connectivity index (χ0n) is 22.0. The number of H-pyrrole nitrogens is 1. The number of benzene rings is 2. The first kappa shape index (κ1) is 25.3. The van der Waals surface area contributed by atoms with Crippen LogP contribution in [0.25, 0.3) is 10.9 Å². The smallest absolute Gasteiger partial charge is 0.245 e. The Hall–Kier alpha value is -3.03. The first-order valence-corrected chi connectivity index (χ1v) is 13.8. The van der Waals surface area contributed by atoms with E-state index in [4.69, 9.17) is 21.1 Å². The molecule has 0 aliphatic carbocycles. The Kier molecular flexibility index (Phi) is 6.39. The molecule has 0 saturated carbocycles. The molecule has 200 valence electrons. The number of nitrogens with zero attached hydrogens (tertiary/aromatic N) is 1. The fraction of sp³-hybridized carbons (Fsp3) is 0.467. The second kappa shape index (κ2) is 9.62. The molecule has 2 amide bonds. The van der Waals surface area contributed by atoms with Crippen LogP contribution in [0.3, 0.4) is 0 Å². The highest BCUT2D eigenvalue weighted by atomic mass is 35.5. The van der Waals surface area contributed by atoms with E-state index in [9.17, 15) is 9.59 Å². The van der Waals surface area contributed by atoms with Gasteiger partial charge in [-0.15, -0.1) is 0 Å². The maximum atomic E-state index is 13.8. The van der Waals surface area contributed by atoms with E-state index in [1.807, 2.05) is 53.6 Å². The van der Waals surface area contributed by atoms with Crippen LogP contribution < -0.4 is 10.1 Å². The van der Waals surface area contributed by atoms with Gasteiger partial charge in [-0.05, 0) is 56.5 Å². The molecule has 2 N–H and O–H groups in total. The topological polar surface area (TPSA) is 83.7 Å². The normalized spacial score (nSPS) is 26.5. The fourth-order valence-corrected chi connectivity index (χ4v) is 6.85. The summed E-state index contributed by atoms with van der Waals surface area (Å²) in [5.74, 6) is 0.926. The largest absolute Gasteiger partial charge is 0.487 e. The molecule has 2 fully saturated rings. The molecule has 8 heteroatoms. The number of carbonyl (C=O) groups is 2. The zero-order chi connectivity index (χ0) is 26.6. The van der Waals surface area contributed by atoms with Crippen molar-refractivity contribution >= 4 is 34.3 Å². The summed E-state index contributed by atoms with van der Waals surface area (Å²) in [4.78, 5) is 31.1. The Morgan fingerprint density at radius 1 is 1.24 bits per heavy atom. The van der Waals surface area contributed by atoms with E-state index in [0.29, 0.717) is 24.5 Å². The van der Waals surface area contributed by atoms with Crippen LogP contribution in [-0.2, 0) is 20.7 Å². The minimum absolute atomic E-state index is 0.0395. The number of ether oxygens (including phenoxy) is 2. The van der Waals surface area contributed by atoms with Crippen LogP contribution in [0.2, 0.25) is 5.02 Å². The summed E-state index contributed by atoms with van der Waals surface area (Å²) in [5.41, 5.74) is 2.65. The van der Waals surface area contributed by atoms with Crippen molar-refractivity contribution in [3.8, 4) is 5.75 Å². The van der Waals surface area contributed by atoms with Crippen LogP contribution in [0, 0.1) is 11.8 Å². The van der Waals surface area contributed by atoms with Gasteiger partial charge in [0, 0.05) is 66.0 Å². The molecule has 3 aliphatic rings. The van der Waals surface area contributed by atoms with Crippen molar-refractivity contribution in [3.63, 3.8) is 0 Å². The van der Waals surface area contributed by atoms with Crippen LogP contribution in [0.15, 0.2) is 48.7 Å². The average molecular weight is 536 g/mol. The predicted octanol–water partition coefficient (Wildman–Crippen LogP) is 5.03. The maximum absolute atomic E-state index is 13.8. The van der Waals surface area contributed by atoms with Gasteiger partial charge in [0.1, 0.15) is 17.4 Å². The molecule has 0 bridgehead atoms. The van der Waals surface area contributed by atoms with Crippen molar-refractivity contribution in [1.82, 2.24) is 15.2 Å². The molecule has 6 rings (SSSR count). The second-order valence-electron chi connectivity index (χ2n) is 11.5. The van der Waals surface area contributed by atoms with Crippen molar-refractivity contribution < 1.29 is 19.1 Å². The summed E-state index contributed by atoms with van der Waals surface area (Å²) < 4.78 is 13.2. The summed E-state index contributed by atoms with van der Waals surface area (Å²) in [6.45, 7) is 6.91. The highest BCUT2D eigenvalue weighted by Gasteiger charge is 2.51. The van der Waals surface area contributed by atoms with Gasteiger partial charge in [-0.25, -0.2) is 0 Å². The van der Waals surface area contributed by atoms with E-state index in [0.717, 1.165) is 40.6 Å². The van der Waals surface area contributed by atoms with Crippen molar-refractivity contribution in [2.75, 3.05) is 13.1 Å². The number of rotatable bonds is 4. The van der Waals surface area contributed by atoms with Crippen LogP contribution >= 0.6 is 11.6 Å². The van der Waals surface area contributed by atoms with E-state index >= 15 is 0 Å². The summed E-state index contributed by atoms with van der Waals surface area (Å²) in [7, 11) is 0. The number of amides is 2. The molecule has 0 spiro atoms. The third kappa shape index (κ3) is 4.56. The van der Waals surface area contributed by atoms with Gasteiger partial charge in [0.05, 0.1) is 12.2 Å². The molecule has 2 saturated heterocycles. The first-order valence-electron chi connectivity index (χ1n) is 13.4. The summed E-state index contributed by atoms with van der Waals surface area (Å²) >= 11 is 6.33. The molecule has 4 heterocycles. The quantitative estimate of drug-likeness (QED) is 0.490. The van der Waals surface area contributed by atoms with Gasteiger partial charge in [0.15, 0.2) is 0 Å². The van der Waals surface area contributed by atoms with Gasteiger partial charge in [0.25, 0.3) is 0 Å². The van der Waals surface area contributed by atoms with Crippen molar-refractivity contribution in [2.24, 2.45) is 11.8 Å². The molecular weight excluding hydrogens is 502 g/mol. The third-order valence-electron chi connectivity index (χ3n) is 8.54. The minimum Gasteiger partial charge on any atom is -0.487 e. The lowest BCUT2D eigenvalue weighted by Gasteiger charge is -2.53. The number of para-hydroxylation sites is 1. The van der Waals surface area contributed by atoms with Gasteiger partial charge in [-0.1, -0.05) is 29.8 Å². The molecule has 1 aromatic heterocycles. The lowest BCUT2D eigenvalue weighted by Crippen LogP contribution is -2.58. The summed E-state index contributed by atoms with van der Waals surface area (Å²) in [5, 5.41) is 4.67. The van der Waals surface area contributed by atoms with Gasteiger partial charge in [-0.2, -0.15) is 0 Å². The van der Waals surface area contributed by atoms with Crippen LogP contribution in [-0.4, -0.2) is 52.5 Å². The van der Waals surface area contributed by atoms with E-state index < -0.39 is 11.6 Å². The van der Waals surface area contributed by atoms with E-state index in [1.54, 1.807) is 0 Å². The fourth-order valence-electron chi connectivity index (χ4n) is 6.67. The number of aromatic amines is 1. The highest BCUT2D eigenvalue weighted by Crippen LogP contribution is 2.53. The Labute approximate surface area is 227 Å². The Morgan fingerprint density at radius 3 is 2.87 bits per heavy atom. The van der Waals surface area contributed by atoms with E-state index in [2.05, 4.69) is 24.1 Å². The summed E-state index contributed by atoms with van der Waals surface area (Å²) in [6, 6.07) is 13.1. The lowest BCUT2D eigenvalue weighted by atomic mass is 9.70. The highest BCUT2D eigenvalue weighted by molar-refractivity contribution is 6.30. The lowest BCUT2D eigenvalue weighted by molar-refractivity contribution is -0.189. The molecule has 5 atom stereocenters. The van der Waals surface area contributed by atoms with E-state index in [1.165, 1.54) is 6.92 Å². The zero-order valence-corrected chi connectivity index (χ0v) is 22.8. The predicted molar refractivity (Wildman–Crippen MR) is 146 cm³/mol. The number of aromatic nitrogens is 1. The second-order valence-corrected chi connectivity index (χ2v) is 11.9. The van der Waals surface area contributed by atoms with Crippen molar-refractivity contribution in [2.45, 2.75) is 63.9 Å². The number of carbonyl (C=O) groups excluding carboxylic acids is 2.